The summed E-state index contributed by atoms with van der Waals surface area (Å²) in [4.78, 5) is 19.4. The molecule has 140 valence electrons. The second-order valence-electron chi connectivity index (χ2n) is 6.86. The smallest absolute Gasteiger partial charge is 0.271 e. The van der Waals surface area contributed by atoms with Crippen LogP contribution in [0.25, 0.3) is 5.65 Å². The van der Waals surface area contributed by atoms with E-state index in [9.17, 15) is 4.79 Å². The van der Waals surface area contributed by atoms with Crippen LogP contribution in [0.2, 0.25) is 0 Å². The number of amides is 1. The summed E-state index contributed by atoms with van der Waals surface area (Å²) in [6, 6.07) is 14.1. The van der Waals surface area contributed by atoms with E-state index in [-0.39, 0.29) is 5.91 Å². The van der Waals surface area contributed by atoms with Gasteiger partial charge < -0.3 is 14.5 Å². The highest BCUT2D eigenvalue weighted by molar-refractivity contribution is 5.92. The molecular weight excluding hydrogens is 340 g/mol. The van der Waals surface area contributed by atoms with Gasteiger partial charge in [-0.2, -0.15) is 0 Å². The van der Waals surface area contributed by atoms with Crippen LogP contribution in [0.15, 0.2) is 48.7 Å². The van der Waals surface area contributed by atoms with Crippen molar-refractivity contribution in [3.8, 4) is 0 Å². The third kappa shape index (κ3) is 4.02. The van der Waals surface area contributed by atoms with Crippen LogP contribution in [-0.4, -0.2) is 46.5 Å². The van der Waals surface area contributed by atoms with Gasteiger partial charge in [-0.25, -0.2) is 4.98 Å². The van der Waals surface area contributed by atoms with Crippen LogP contribution in [-0.2, 0) is 17.8 Å². The Morgan fingerprint density at radius 1 is 1.11 bits per heavy atom. The number of nitrogens with zero attached hydrogens (tertiary/aromatic N) is 3. The SMILES string of the molecule is Cc1cccc2nc(C(=O)NCc3ccccc3CN3CCOCC3)cn12. The molecule has 0 bridgehead atoms. The average molecular weight is 364 g/mol. The summed E-state index contributed by atoms with van der Waals surface area (Å²) in [5.41, 5.74) is 4.65. The number of carbonyl (C=O) groups excluding carboxylic acids is 1. The number of rotatable bonds is 5. The molecule has 0 aliphatic carbocycles. The molecule has 27 heavy (non-hydrogen) atoms. The average Bonchev–Trinajstić information content (AvgIpc) is 3.14. The predicted octanol–water partition coefficient (Wildman–Crippen LogP) is 2.40. The number of pyridine rings is 1. The van der Waals surface area contributed by atoms with Crippen LogP contribution < -0.4 is 5.32 Å². The molecule has 1 aliphatic heterocycles. The van der Waals surface area contributed by atoms with Gasteiger partial charge >= 0.3 is 0 Å². The van der Waals surface area contributed by atoms with E-state index in [4.69, 9.17) is 4.74 Å². The largest absolute Gasteiger partial charge is 0.379 e. The zero-order chi connectivity index (χ0) is 18.6. The molecule has 0 saturated carbocycles. The maximum Gasteiger partial charge on any atom is 0.271 e. The Kier molecular flexibility index (Phi) is 5.18. The Bertz CT molecular complexity index is 944. The number of nitrogens with one attached hydrogen (secondary N) is 1. The summed E-state index contributed by atoms with van der Waals surface area (Å²) in [5.74, 6) is -0.153. The number of aromatic nitrogens is 2. The van der Waals surface area contributed by atoms with Crippen molar-refractivity contribution in [2.75, 3.05) is 26.3 Å². The molecule has 4 rings (SSSR count). The second kappa shape index (κ2) is 7.90. The van der Waals surface area contributed by atoms with Gasteiger partial charge in [0.1, 0.15) is 11.3 Å². The minimum absolute atomic E-state index is 0.153. The van der Waals surface area contributed by atoms with Gasteiger partial charge in [-0.05, 0) is 30.2 Å². The number of aryl methyl sites for hydroxylation is 1. The summed E-state index contributed by atoms with van der Waals surface area (Å²) in [7, 11) is 0. The third-order valence-electron chi connectivity index (χ3n) is 4.98. The quantitative estimate of drug-likeness (QED) is 0.755. The van der Waals surface area contributed by atoms with Gasteiger partial charge in [0.25, 0.3) is 5.91 Å². The van der Waals surface area contributed by atoms with E-state index < -0.39 is 0 Å². The Labute approximate surface area is 158 Å². The van der Waals surface area contributed by atoms with Crippen LogP contribution in [0.5, 0.6) is 0 Å². The summed E-state index contributed by atoms with van der Waals surface area (Å²) in [5, 5.41) is 3.02. The zero-order valence-electron chi connectivity index (χ0n) is 15.5. The lowest BCUT2D eigenvalue weighted by atomic mass is 10.1. The highest BCUT2D eigenvalue weighted by atomic mass is 16.5. The molecule has 2 aromatic heterocycles. The normalized spacial score (nSPS) is 15.1. The summed E-state index contributed by atoms with van der Waals surface area (Å²) in [6.07, 6.45) is 1.79. The molecule has 3 aromatic rings. The number of ether oxygens (including phenoxy) is 1. The van der Waals surface area contributed by atoms with Gasteiger partial charge in [-0.15, -0.1) is 0 Å². The number of hydrogen-bond donors (Lipinski definition) is 1. The van der Waals surface area contributed by atoms with E-state index in [1.165, 1.54) is 5.56 Å². The maximum absolute atomic E-state index is 12.6. The van der Waals surface area contributed by atoms with E-state index in [0.29, 0.717) is 12.2 Å². The summed E-state index contributed by atoms with van der Waals surface area (Å²) < 4.78 is 7.35. The van der Waals surface area contributed by atoms with Gasteiger partial charge in [-0.3, -0.25) is 9.69 Å². The van der Waals surface area contributed by atoms with Crippen LogP contribution in [0.1, 0.15) is 27.3 Å². The molecule has 0 unspecified atom stereocenters. The monoisotopic (exact) mass is 364 g/mol. The van der Waals surface area contributed by atoms with E-state index in [1.54, 1.807) is 6.20 Å². The minimum Gasteiger partial charge on any atom is -0.379 e. The van der Waals surface area contributed by atoms with Crippen LogP contribution in [0, 0.1) is 6.92 Å². The molecule has 3 heterocycles. The molecule has 0 atom stereocenters. The topological polar surface area (TPSA) is 58.9 Å². The first kappa shape index (κ1) is 17.7. The van der Waals surface area contributed by atoms with Crippen molar-refractivity contribution >= 4 is 11.6 Å². The molecule has 6 nitrogen and oxygen atoms in total. The molecule has 0 radical (unpaired) electrons. The first-order chi connectivity index (χ1) is 13.2. The van der Waals surface area contributed by atoms with E-state index in [1.807, 2.05) is 41.7 Å². The second-order valence-corrected chi connectivity index (χ2v) is 6.86. The molecule has 1 saturated heterocycles. The summed E-state index contributed by atoms with van der Waals surface area (Å²) in [6.45, 7) is 6.83. The Morgan fingerprint density at radius 2 is 1.89 bits per heavy atom. The molecule has 1 amide bonds. The third-order valence-corrected chi connectivity index (χ3v) is 4.98. The molecule has 0 spiro atoms. The lowest BCUT2D eigenvalue weighted by Crippen LogP contribution is -2.36. The van der Waals surface area contributed by atoms with Gasteiger partial charge in [-0.1, -0.05) is 30.3 Å². The number of fused-ring (bicyclic) bond motifs is 1. The summed E-state index contributed by atoms with van der Waals surface area (Å²) >= 11 is 0. The van der Waals surface area contributed by atoms with Gasteiger partial charge in [0.05, 0.1) is 13.2 Å². The van der Waals surface area contributed by atoms with Crippen molar-refractivity contribution < 1.29 is 9.53 Å². The fourth-order valence-electron chi connectivity index (χ4n) is 3.41. The van der Waals surface area contributed by atoms with Crippen molar-refractivity contribution in [2.45, 2.75) is 20.0 Å². The molecular formula is C21H24N4O2. The number of imidazole rings is 1. The molecule has 1 fully saturated rings. The maximum atomic E-state index is 12.6. The van der Waals surface area contributed by atoms with Crippen molar-refractivity contribution in [2.24, 2.45) is 0 Å². The predicted molar refractivity (Wildman–Crippen MR) is 104 cm³/mol. The standard InChI is InChI=1S/C21H24N4O2/c1-16-5-4-8-20-23-19(15-25(16)20)21(26)22-13-17-6-2-3-7-18(17)14-24-9-11-27-12-10-24/h2-8,15H,9-14H2,1H3,(H,22,26). The van der Waals surface area contributed by atoms with Crippen molar-refractivity contribution in [3.05, 3.63) is 71.2 Å². The Balaban J connectivity index is 1.44. The fraction of sp³-hybridized carbons (Fsp3) is 0.333. The first-order valence-electron chi connectivity index (χ1n) is 9.30. The van der Waals surface area contributed by atoms with Gasteiger partial charge in [0, 0.05) is 38.1 Å². The Morgan fingerprint density at radius 3 is 2.67 bits per heavy atom. The lowest BCUT2D eigenvalue weighted by molar-refractivity contribution is 0.0340. The van der Waals surface area contributed by atoms with Crippen molar-refractivity contribution in [1.29, 1.82) is 0 Å². The number of hydrogen-bond acceptors (Lipinski definition) is 4. The van der Waals surface area contributed by atoms with Gasteiger partial charge in [0.2, 0.25) is 0 Å². The van der Waals surface area contributed by atoms with Crippen LogP contribution in [0.3, 0.4) is 0 Å². The van der Waals surface area contributed by atoms with Crippen molar-refractivity contribution in [1.82, 2.24) is 19.6 Å². The highest BCUT2D eigenvalue weighted by Crippen LogP contribution is 2.14. The van der Waals surface area contributed by atoms with Gasteiger partial charge in [0.15, 0.2) is 0 Å². The highest BCUT2D eigenvalue weighted by Gasteiger charge is 2.14. The van der Waals surface area contributed by atoms with E-state index in [0.717, 1.165) is 49.8 Å². The zero-order valence-corrected chi connectivity index (χ0v) is 15.5. The molecule has 1 aliphatic rings. The van der Waals surface area contributed by atoms with E-state index in [2.05, 4.69) is 27.3 Å². The first-order valence-corrected chi connectivity index (χ1v) is 9.30. The fourth-order valence-corrected chi connectivity index (χ4v) is 3.41. The lowest BCUT2D eigenvalue weighted by Gasteiger charge is -2.27. The Hall–Kier alpha value is -2.70. The number of benzene rings is 1. The van der Waals surface area contributed by atoms with E-state index >= 15 is 0 Å². The molecule has 1 N–H and O–H groups in total. The van der Waals surface area contributed by atoms with Crippen LogP contribution in [0.4, 0.5) is 0 Å². The van der Waals surface area contributed by atoms with Crippen LogP contribution >= 0.6 is 0 Å². The molecule has 6 heteroatoms. The number of carbonyl (C=O) groups is 1. The number of morpholine rings is 1. The minimum atomic E-state index is -0.153. The molecule has 1 aromatic carbocycles. The van der Waals surface area contributed by atoms with Crippen molar-refractivity contribution in [3.63, 3.8) is 0 Å².